The molecule has 21 heavy (non-hydrogen) atoms. The topological polar surface area (TPSA) is 110 Å². The molecule has 0 bridgehead atoms. The lowest BCUT2D eigenvalue weighted by Crippen LogP contribution is -2.28. The molecule has 0 fully saturated rings. The number of carbonyl (C=O) groups excluding carboxylic acids is 1. The summed E-state index contributed by atoms with van der Waals surface area (Å²) in [7, 11) is 1.60. The van der Waals surface area contributed by atoms with Gasteiger partial charge in [0.15, 0.2) is 5.69 Å². The average Bonchev–Trinajstić information content (AvgIpc) is 3.04. The highest BCUT2D eigenvalue weighted by Crippen LogP contribution is 2.26. The Kier molecular flexibility index (Phi) is 4.36. The lowest BCUT2D eigenvalue weighted by Gasteiger charge is -2.16. The summed E-state index contributed by atoms with van der Waals surface area (Å²) < 4.78 is 1.82. The molecule has 0 aliphatic carbocycles. The summed E-state index contributed by atoms with van der Waals surface area (Å²) in [6, 6.07) is 1.81. The molecular formula is C11H13BrN6O3. The molecule has 2 aromatic heterocycles. The van der Waals surface area contributed by atoms with Crippen LogP contribution in [0.4, 0.5) is 5.82 Å². The van der Waals surface area contributed by atoms with Crippen molar-refractivity contribution in [2.75, 3.05) is 7.05 Å². The van der Waals surface area contributed by atoms with Gasteiger partial charge in [0, 0.05) is 19.8 Å². The number of aryl methyl sites for hydroxylation is 1. The fourth-order valence-electron chi connectivity index (χ4n) is 1.86. The van der Waals surface area contributed by atoms with E-state index in [1.165, 1.54) is 4.90 Å². The number of amides is 1. The van der Waals surface area contributed by atoms with Crippen molar-refractivity contribution in [1.29, 1.82) is 0 Å². The lowest BCUT2D eigenvalue weighted by atomic mass is 10.3. The molecule has 1 amide bonds. The number of aromatic nitrogens is 4. The van der Waals surface area contributed by atoms with E-state index in [-0.39, 0.29) is 16.0 Å². The molecule has 2 heterocycles. The van der Waals surface area contributed by atoms with Crippen molar-refractivity contribution in [1.82, 2.24) is 24.9 Å². The van der Waals surface area contributed by atoms with E-state index in [0.29, 0.717) is 13.1 Å². The Labute approximate surface area is 128 Å². The van der Waals surface area contributed by atoms with Gasteiger partial charge < -0.3 is 15.0 Å². The largest absolute Gasteiger partial charge is 0.358 e. The Morgan fingerprint density at radius 3 is 2.90 bits per heavy atom. The monoisotopic (exact) mass is 356 g/mol. The second kappa shape index (κ2) is 6.04. The number of hydrogen-bond donors (Lipinski definition) is 1. The summed E-state index contributed by atoms with van der Waals surface area (Å²) in [4.78, 5) is 23.8. The van der Waals surface area contributed by atoms with Crippen LogP contribution in [0.2, 0.25) is 0 Å². The summed E-state index contributed by atoms with van der Waals surface area (Å²) in [6.07, 6.45) is 1.66. The van der Waals surface area contributed by atoms with Crippen molar-refractivity contribution in [3.8, 4) is 0 Å². The van der Waals surface area contributed by atoms with E-state index in [2.05, 4.69) is 31.2 Å². The van der Waals surface area contributed by atoms with E-state index in [9.17, 15) is 14.9 Å². The number of H-pyrrole nitrogens is 1. The number of nitro groups is 1. The Morgan fingerprint density at radius 1 is 1.62 bits per heavy atom. The van der Waals surface area contributed by atoms with Crippen molar-refractivity contribution in [3.63, 3.8) is 0 Å². The molecule has 0 saturated carbocycles. The number of aromatic amines is 1. The van der Waals surface area contributed by atoms with E-state index in [4.69, 9.17) is 0 Å². The quantitative estimate of drug-likeness (QED) is 0.645. The maximum atomic E-state index is 12.3. The normalized spacial score (nSPS) is 10.6. The number of hydrogen-bond acceptors (Lipinski definition) is 5. The maximum Gasteiger partial charge on any atom is 0.357 e. The van der Waals surface area contributed by atoms with Gasteiger partial charge in [0.05, 0.1) is 12.2 Å². The molecular weight excluding hydrogens is 344 g/mol. The van der Waals surface area contributed by atoms with Crippen molar-refractivity contribution in [2.24, 2.45) is 0 Å². The molecule has 0 radical (unpaired) electrons. The van der Waals surface area contributed by atoms with E-state index < -0.39 is 10.8 Å². The van der Waals surface area contributed by atoms with Crippen LogP contribution in [0.25, 0.3) is 0 Å². The van der Waals surface area contributed by atoms with Crippen LogP contribution in [0.1, 0.15) is 23.1 Å². The summed E-state index contributed by atoms with van der Waals surface area (Å²) >= 11 is 3.03. The first-order chi connectivity index (χ1) is 9.95. The van der Waals surface area contributed by atoms with Crippen molar-refractivity contribution < 1.29 is 9.72 Å². The van der Waals surface area contributed by atoms with Crippen molar-refractivity contribution in [3.05, 3.63) is 38.2 Å². The average molecular weight is 357 g/mol. The third kappa shape index (κ3) is 2.94. The van der Waals surface area contributed by atoms with Gasteiger partial charge in [0.25, 0.3) is 5.91 Å². The van der Waals surface area contributed by atoms with Crippen LogP contribution in [0.15, 0.2) is 16.7 Å². The maximum absolute atomic E-state index is 12.3. The van der Waals surface area contributed by atoms with Gasteiger partial charge in [-0.3, -0.25) is 9.48 Å². The fraction of sp³-hybridized carbons (Fsp3) is 0.364. The molecule has 2 aromatic rings. The molecule has 9 nitrogen and oxygen atoms in total. The molecule has 0 aromatic carbocycles. The van der Waals surface area contributed by atoms with Crippen LogP contribution in [0, 0.1) is 10.1 Å². The molecule has 0 spiro atoms. The Balaban J connectivity index is 2.18. The SMILES string of the molecule is CCn1nccc1CN(C)C(=O)c1n[nH]c([N+](=O)[O-])c1Br. The third-order valence-corrected chi connectivity index (χ3v) is 3.68. The van der Waals surface area contributed by atoms with Crippen LogP contribution >= 0.6 is 15.9 Å². The van der Waals surface area contributed by atoms with Crippen LogP contribution in [0.3, 0.4) is 0 Å². The highest BCUT2D eigenvalue weighted by Gasteiger charge is 2.27. The van der Waals surface area contributed by atoms with Gasteiger partial charge in [-0.1, -0.05) is 5.10 Å². The third-order valence-electron chi connectivity index (χ3n) is 2.92. The molecule has 0 saturated heterocycles. The zero-order chi connectivity index (χ0) is 15.6. The van der Waals surface area contributed by atoms with Crippen LogP contribution in [-0.2, 0) is 13.1 Å². The van der Waals surface area contributed by atoms with E-state index in [1.807, 2.05) is 13.0 Å². The molecule has 0 aliphatic heterocycles. The molecule has 0 atom stereocenters. The zero-order valence-electron chi connectivity index (χ0n) is 11.4. The predicted molar refractivity (Wildman–Crippen MR) is 76.6 cm³/mol. The summed E-state index contributed by atoms with van der Waals surface area (Å²) in [6.45, 7) is 2.98. The lowest BCUT2D eigenvalue weighted by molar-refractivity contribution is -0.390. The number of halogens is 1. The first kappa shape index (κ1) is 15.2. The summed E-state index contributed by atoms with van der Waals surface area (Å²) in [5.74, 6) is -0.763. The molecule has 2 rings (SSSR count). The second-order valence-electron chi connectivity index (χ2n) is 4.29. The Hall–Kier alpha value is -2.23. The molecule has 112 valence electrons. The fourth-order valence-corrected chi connectivity index (χ4v) is 2.35. The Bertz CT molecular complexity index is 679. The number of nitrogens with zero attached hydrogens (tertiary/aromatic N) is 5. The highest BCUT2D eigenvalue weighted by atomic mass is 79.9. The van der Waals surface area contributed by atoms with Gasteiger partial charge in [0.2, 0.25) is 0 Å². The molecule has 0 unspecified atom stereocenters. The standard InChI is InChI=1S/C11H13BrN6O3/c1-3-17-7(4-5-13-17)6-16(2)11(19)9-8(12)10(15-14-9)18(20)21/h4-5H,3,6H2,1-2H3,(H,14,15). The van der Waals surface area contributed by atoms with Gasteiger partial charge in [0.1, 0.15) is 4.47 Å². The van der Waals surface area contributed by atoms with Crippen molar-refractivity contribution >= 4 is 27.7 Å². The van der Waals surface area contributed by atoms with Crippen molar-refractivity contribution in [2.45, 2.75) is 20.0 Å². The molecule has 0 aliphatic rings. The smallest absolute Gasteiger partial charge is 0.357 e. The molecule has 10 heteroatoms. The van der Waals surface area contributed by atoms with Gasteiger partial charge in [-0.2, -0.15) is 5.10 Å². The minimum atomic E-state index is -0.639. The first-order valence-corrected chi connectivity index (χ1v) is 6.89. The van der Waals surface area contributed by atoms with E-state index in [0.717, 1.165) is 5.69 Å². The minimum Gasteiger partial charge on any atom is -0.358 e. The minimum absolute atomic E-state index is 0.0215. The van der Waals surface area contributed by atoms with Gasteiger partial charge in [-0.15, -0.1) is 5.10 Å². The van der Waals surface area contributed by atoms with Gasteiger partial charge >= 0.3 is 5.82 Å². The highest BCUT2D eigenvalue weighted by molar-refractivity contribution is 9.10. The Morgan fingerprint density at radius 2 is 2.33 bits per heavy atom. The van der Waals surface area contributed by atoms with Gasteiger partial charge in [-0.25, -0.2) is 0 Å². The predicted octanol–water partition coefficient (Wildman–Crippen LogP) is 1.57. The number of carbonyl (C=O) groups is 1. The van der Waals surface area contributed by atoms with Crippen LogP contribution < -0.4 is 0 Å². The summed E-state index contributed by atoms with van der Waals surface area (Å²) in [5.41, 5.74) is 0.848. The number of nitrogens with one attached hydrogen (secondary N) is 1. The number of rotatable bonds is 5. The molecule has 1 N–H and O–H groups in total. The first-order valence-electron chi connectivity index (χ1n) is 6.10. The second-order valence-corrected chi connectivity index (χ2v) is 5.08. The summed E-state index contributed by atoms with van der Waals surface area (Å²) in [5, 5.41) is 20.8. The van der Waals surface area contributed by atoms with Crippen LogP contribution in [0.5, 0.6) is 0 Å². The van der Waals surface area contributed by atoms with E-state index >= 15 is 0 Å². The van der Waals surface area contributed by atoms with Gasteiger partial charge in [-0.05, 0) is 33.8 Å². The van der Waals surface area contributed by atoms with E-state index in [1.54, 1.807) is 17.9 Å². The zero-order valence-corrected chi connectivity index (χ0v) is 13.0. The van der Waals surface area contributed by atoms with Crippen LogP contribution in [-0.4, -0.2) is 42.8 Å².